The van der Waals surface area contributed by atoms with Crippen LogP contribution in [0.3, 0.4) is 0 Å². The first-order valence-electron chi connectivity index (χ1n) is 31.2. The summed E-state index contributed by atoms with van der Waals surface area (Å²) in [6.45, 7) is 7.83. The minimum absolute atomic E-state index is 0.0830. The van der Waals surface area contributed by atoms with E-state index in [9.17, 15) is 9.59 Å². The number of hydrogen-bond donors (Lipinski definition) is 0. The molecule has 0 aromatic rings. The average Bonchev–Trinajstić information content (AvgIpc) is 3.36. The Kier molecular flexibility index (Phi) is 59.3. The topological polar surface area (TPSA) is 61.8 Å². The summed E-state index contributed by atoms with van der Waals surface area (Å²) < 4.78 is 17.5. The third kappa shape index (κ3) is 58.4. The molecule has 1 atom stereocenters. The van der Waals surface area contributed by atoms with Crippen molar-refractivity contribution in [2.45, 2.75) is 335 Å². The van der Waals surface area contributed by atoms with E-state index in [1.807, 2.05) is 0 Å². The van der Waals surface area contributed by atoms with Crippen LogP contribution in [0.1, 0.15) is 329 Å². The molecule has 410 valence electrons. The molecule has 0 radical (unpaired) electrons. The molecule has 0 saturated carbocycles. The first-order chi connectivity index (χ1) is 34.6. The second kappa shape index (κ2) is 61.2. The van der Waals surface area contributed by atoms with E-state index in [4.69, 9.17) is 14.2 Å². The molecule has 0 aliphatic rings. The fourth-order valence-electron chi connectivity index (χ4n) is 9.12. The molecule has 0 rings (SSSR count). The van der Waals surface area contributed by atoms with Gasteiger partial charge in [0.05, 0.1) is 6.61 Å². The normalized spacial score (nSPS) is 12.4. The number of rotatable bonds is 58. The van der Waals surface area contributed by atoms with Gasteiger partial charge >= 0.3 is 11.9 Å². The highest BCUT2D eigenvalue weighted by Crippen LogP contribution is 2.16. The smallest absolute Gasteiger partial charge is 0.306 e. The summed E-state index contributed by atoms with van der Waals surface area (Å²) >= 11 is 0. The fraction of sp³-hybridized carbons (Fsp3) is 0.846. The highest BCUT2D eigenvalue weighted by atomic mass is 16.6. The van der Waals surface area contributed by atoms with Gasteiger partial charge in [0.25, 0.3) is 0 Å². The van der Waals surface area contributed by atoms with E-state index in [2.05, 4.69) is 69.4 Å². The van der Waals surface area contributed by atoms with Crippen LogP contribution in [-0.4, -0.2) is 37.9 Å². The maximum atomic E-state index is 12.9. The Morgan fingerprint density at radius 1 is 0.314 bits per heavy atom. The van der Waals surface area contributed by atoms with Crippen LogP contribution in [0, 0.1) is 0 Å². The predicted molar refractivity (Wildman–Crippen MR) is 307 cm³/mol. The van der Waals surface area contributed by atoms with E-state index in [0.717, 1.165) is 51.4 Å². The van der Waals surface area contributed by atoms with Crippen LogP contribution in [0.15, 0.2) is 48.6 Å². The molecule has 0 N–H and O–H groups in total. The van der Waals surface area contributed by atoms with Gasteiger partial charge in [0, 0.05) is 19.4 Å². The number of carbonyl (C=O) groups is 2. The van der Waals surface area contributed by atoms with Gasteiger partial charge in [0.15, 0.2) is 6.10 Å². The number of unbranched alkanes of at least 4 members (excludes halogenated alkanes) is 39. The minimum Gasteiger partial charge on any atom is -0.462 e. The molecule has 0 aliphatic heterocycles. The number of allylic oxidation sites excluding steroid dienone is 8. The molecule has 0 fully saturated rings. The lowest BCUT2D eigenvalue weighted by atomic mass is 10.1. The Bertz CT molecular complexity index is 1150. The summed E-state index contributed by atoms with van der Waals surface area (Å²) in [5, 5.41) is 0. The molecule has 0 spiro atoms. The number of ether oxygens (including phenoxy) is 3. The third-order valence-electron chi connectivity index (χ3n) is 13.8. The lowest BCUT2D eigenvalue weighted by Gasteiger charge is -2.18. The van der Waals surface area contributed by atoms with Crippen LogP contribution < -0.4 is 0 Å². The largest absolute Gasteiger partial charge is 0.462 e. The van der Waals surface area contributed by atoms with Crippen molar-refractivity contribution in [1.29, 1.82) is 0 Å². The molecule has 0 aliphatic carbocycles. The van der Waals surface area contributed by atoms with Gasteiger partial charge in [-0.05, 0) is 103 Å². The van der Waals surface area contributed by atoms with E-state index in [0.29, 0.717) is 19.4 Å². The molecular formula is C65H120O5. The van der Waals surface area contributed by atoms with E-state index in [1.54, 1.807) is 0 Å². The van der Waals surface area contributed by atoms with Crippen LogP contribution in [0.5, 0.6) is 0 Å². The Morgan fingerprint density at radius 3 is 0.986 bits per heavy atom. The Morgan fingerprint density at radius 2 is 0.600 bits per heavy atom. The van der Waals surface area contributed by atoms with Crippen LogP contribution in [0.25, 0.3) is 0 Å². The van der Waals surface area contributed by atoms with Crippen LogP contribution >= 0.6 is 0 Å². The summed E-state index contributed by atoms with van der Waals surface area (Å²) in [6.07, 6.45) is 77.1. The molecule has 5 nitrogen and oxygen atoms in total. The van der Waals surface area contributed by atoms with Crippen LogP contribution in [-0.2, 0) is 23.8 Å². The van der Waals surface area contributed by atoms with Gasteiger partial charge in [-0.25, -0.2) is 0 Å². The average molecular weight is 982 g/mol. The Labute approximate surface area is 437 Å². The second-order valence-electron chi connectivity index (χ2n) is 21.0. The minimum atomic E-state index is -0.542. The molecule has 0 aromatic carbocycles. The van der Waals surface area contributed by atoms with Gasteiger partial charge < -0.3 is 14.2 Å². The van der Waals surface area contributed by atoms with Crippen molar-refractivity contribution in [1.82, 2.24) is 0 Å². The third-order valence-corrected chi connectivity index (χ3v) is 13.8. The standard InChI is InChI=1S/C65H120O5/c1-4-7-10-13-16-19-22-25-28-31-33-35-37-40-43-46-49-52-55-58-64(66)69-62-63(61-68-60-57-54-51-48-45-42-39-36-32-29-26-23-20-17-14-11-8-5-2)70-65(67)59-56-53-50-47-44-41-38-34-30-27-24-21-18-15-12-9-6-3/h17,20,25-30,63H,4-16,18-19,21-24,31-62H2,1-3H3/b20-17-,28-25-,29-26-,30-27-. The first kappa shape index (κ1) is 67.9. The quantitative estimate of drug-likeness (QED) is 0.0345. The molecule has 0 amide bonds. The van der Waals surface area contributed by atoms with Crippen LogP contribution in [0.4, 0.5) is 0 Å². The number of hydrogen-bond acceptors (Lipinski definition) is 5. The molecule has 0 saturated heterocycles. The molecule has 0 heterocycles. The van der Waals surface area contributed by atoms with Crippen LogP contribution in [0.2, 0.25) is 0 Å². The summed E-state index contributed by atoms with van der Waals surface area (Å²) in [4.78, 5) is 25.6. The molecular weight excluding hydrogens is 861 g/mol. The van der Waals surface area contributed by atoms with Crippen molar-refractivity contribution in [3.63, 3.8) is 0 Å². The monoisotopic (exact) mass is 981 g/mol. The molecule has 1 unspecified atom stereocenters. The molecule has 70 heavy (non-hydrogen) atoms. The fourth-order valence-corrected chi connectivity index (χ4v) is 9.12. The first-order valence-corrected chi connectivity index (χ1v) is 31.2. The van der Waals surface area contributed by atoms with E-state index in [-0.39, 0.29) is 25.2 Å². The molecule has 0 aromatic heterocycles. The lowest BCUT2D eigenvalue weighted by Crippen LogP contribution is -2.30. The van der Waals surface area contributed by atoms with Gasteiger partial charge in [-0.15, -0.1) is 0 Å². The summed E-state index contributed by atoms with van der Waals surface area (Å²) in [6, 6.07) is 0. The zero-order chi connectivity index (χ0) is 50.6. The molecule has 0 bridgehead atoms. The van der Waals surface area contributed by atoms with Gasteiger partial charge in [-0.3, -0.25) is 9.59 Å². The zero-order valence-corrected chi connectivity index (χ0v) is 47.3. The molecule has 5 heteroatoms. The summed E-state index contributed by atoms with van der Waals surface area (Å²) in [5.74, 6) is -0.391. The van der Waals surface area contributed by atoms with Gasteiger partial charge in [0.1, 0.15) is 6.61 Å². The Balaban J connectivity index is 4.26. The Hall–Kier alpha value is -2.14. The second-order valence-corrected chi connectivity index (χ2v) is 21.0. The highest BCUT2D eigenvalue weighted by molar-refractivity contribution is 5.70. The van der Waals surface area contributed by atoms with Gasteiger partial charge in [-0.1, -0.05) is 262 Å². The number of carbonyl (C=O) groups excluding carboxylic acids is 2. The highest BCUT2D eigenvalue weighted by Gasteiger charge is 2.17. The van der Waals surface area contributed by atoms with E-state index in [1.165, 1.54) is 244 Å². The van der Waals surface area contributed by atoms with Crippen molar-refractivity contribution < 1.29 is 23.8 Å². The SMILES string of the molecule is CCCCC/C=C\C/C=C\CCCCCCCCCCOCC(COC(=O)CCCCCCCCCCC/C=C\CCCCCCCC)OC(=O)CCCCCCCCC/C=C\CCCCCCCC. The van der Waals surface area contributed by atoms with Gasteiger partial charge in [-0.2, -0.15) is 0 Å². The van der Waals surface area contributed by atoms with E-state index >= 15 is 0 Å². The zero-order valence-electron chi connectivity index (χ0n) is 47.3. The number of esters is 2. The van der Waals surface area contributed by atoms with Gasteiger partial charge in [0.2, 0.25) is 0 Å². The summed E-state index contributed by atoms with van der Waals surface area (Å²) in [7, 11) is 0. The predicted octanol–water partition coefficient (Wildman–Crippen LogP) is 21.5. The van der Waals surface area contributed by atoms with E-state index < -0.39 is 6.10 Å². The lowest BCUT2D eigenvalue weighted by molar-refractivity contribution is -0.163. The van der Waals surface area contributed by atoms with Crippen molar-refractivity contribution in [3.05, 3.63) is 48.6 Å². The van der Waals surface area contributed by atoms with Crippen molar-refractivity contribution in [2.75, 3.05) is 19.8 Å². The maximum Gasteiger partial charge on any atom is 0.306 e. The van der Waals surface area contributed by atoms with Crippen molar-refractivity contribution in [3.8, 4) is 0 Å². The maximum absolute atomic E-state index is 12.9. The van der Waals surface area contributed by atoms with Crippen molar-refractivity contribution in [2.24, 2.45) is 0 Å². The summed E-state index contributed by atoms with van der Waals surface area (Å²) in [5.41, 5.74) is 0. The van der Waals surface area contributed by atoms with Crippen molar-refractivity contribution >= 4 is 11.9 Å².